The molecule has 7 atom stereocenters. The van der Waals surface area contributed by atoms with Gasteiger partial charge in [0, 0.05) is 39.0 Å². The van der Waals surface area contributed by atoms with Gasteiger partial charge in [0.15, 0.2) is 5.96 Å². The van der Waals surface area contributed by atoms with E-state index in [1.54, 1.807) is 91.0 Å². The van der Waals surface area contributed by atoms with Crippen molar-refractivity contribution in [2.24, 2.45) is 22.2 Å². The molecular weight excluding hydrogens is 913 g/mol. The molecule has 71 heavy (non-hydrogen) atoms. The molecule has 0 bridgehead atoms. The summed E-state index contributed by atoms with van der Waals surface area (Å²) in [6, 6.07) is 17.7. The summed E-state index contributed by atoms with van der Waals surface area (Å²) in [5, 5.41) is 13.5. The molecule has 3 aliphatic heterocycles. The molecule has 3 heterocycles. The van der Waals surface area contributed by atoms with Crippen LogP contribution in [0.3, 0.4) is 0 Å². The predicted octanol–water partition coefficient (Wildman–Crippen LogP) is -1.13. The number of benzene rings is 3. The van der Waals surface area contributed by atoms with Gasteiger partial charge in [-0.2, -0.15) is 0 Å². The lowest BCUT2D eigenvalue weighted by Gasteiger charge is -2.34. The van der Waals surface area contributed by atoms with Crippen LogP contribution in [0.2, 0.25) is 0 Å². The van der Waals surface area contributed by atoms with E-state index in [9.17, 15) is 43.2 Å². The summed E-state index contributed by atoms with van der Waals surface area (Å²) in [4.78, 5) is 135. The Balaban J connectivity index is 1.39. The molecule has 3 saturated heterocycles. The number of aliphatic imine (C=N–C) groups is 1. The van der Waals surface area contributed by atoms with Gasteiger partial charge in [0.2, 0.25) is 53.2 Å². The van der Waals surface area contributed by atoms with Gasteiger partial charge < -0.3 is 58.5 Å². The number of guanidine groups is 1. The Morgan fingerprint density at radius 2 is 1.08 bits per heavy atom. The topological polar surface area (TPSA) is 314 Å². The molecule has 21 nitrogen and oxygen atoms in total. The van der Waals surface area contributed by atoms with E-state index in [4.69, 9.17) is 17.2 Å². The average Bonchev–Trinajstić information content (AvgIpc) is 4.05. The molecule has 6 rings (SSSR count). The summed E-state index contributed by atoms with van der Waals surface area (Å²) >= 11 is 0. The molecule has 0 aromatic heterocycles. The normalized spacial score (nSPS) is 24.4. The zero-order valence-electron chi connectivity index (χ0n) is 39.8. The minimum absolute atomic E-state index is 0.0127. The fourth-order valence-electron chi connectivity index (χ4n) is 9.13. The lowest BCUT2D eigenvalue weighted by atomic mass is 10.0. The number of primary amides is 1. The van der Waals surface area contributed by atoms with E-state index >= 15 is 0 Å². The highest BCUT2D eigenvalue weighted by Crippen LogP contribution is 2.27. The monoisotopic (exact) mass is 976 g/mol. The Kier molecular flexibility index (Phi) is 18.6. The third-order valence-corrected chi connectivity index (χ3v) is 12.7. The van der Waals surface area contributed by atoms with Gasteiger partial charge in [-0.25, -0.2) is 0 Å². The molecule has 11 N–H and O–H groups in total. The largest absolute Gasteiger partial charge is 0.370 e. The third-order valence-electron chi connectivity index (χ3n) is 12.7. The Labute approximate surface area is 412 Å². The van der Waals surface area contributed by atoms with Crippen LogP contribution in [0.5, 0.6) is 0 Å². The maximum Gasteiger partial charge on any atom is 0.246 e. The van der Waals surface area contributed by atoms with Gasteiger partial charge >= 0.3 is 0 Å². The summed E-state index contributed by atoms with van der Waals surface area (Å²) in [7, 11) is 0. The van der Waals surface area contributed by atoms with Gasteiger partial charge in [-0.05, 0) is 62.1 Å². The number of nitrogens with one attached hydrogen (secondary N) is 5. The number of fused-ring (bicyclic) bond motifs is 2. The number of hydrogen-bond donors (Lipinski definition) is 8. The minimum Gasteiger partial charge on any atom is -0.370 e. The SMILES string of the molecule is C[C@@H]1NC(=O)[C@H](CC(N)=O)NC(=O)CN(Cc2ccccc2)C(=O)[C@H](Cc2ccccc2)NC(=O)[C@H](CCCN=C(N)N)NC(=O)[C@@H]2CCCN2C(=O)[C@H]2CCCN2C(=O)[C@H](Cc2ccccc2)NC1=O. The van der Waals surface area contributed by atoms with Gasteiger partial charge in [0.25, 0.3) is 0 Å². The molecule has 21 heteroatoms. The first-order valence-electron chi connectivity index (χ1n) is 23.9. The molecule has 3 aromatic rings. The molecule has 3 fully saturated rings. The maximum absolute atomic E-state index is 14.9. The van der Waals surface area contributed by atoms with Gasteiger partial charge in [-0.1, -0.05) is 91.0 Å². The molecule has 0 radical (unpaired) electrons. The first kappa shape index (κ1) is 52.5. The second kappa shape index (κ2) is 25.1. The quantitative estimate of drug-likeness (QED) is 0.0610. The number of nitrogens with zero attached hydrogens (tertiary/aromatic N) is 4. The van der Waals surface area contributed by atoms with E-state index in [1.807, 2.05) is 0 Å². The van der Waals surface area contributed by atoms with E-state index in [-0.39, 0.29) is 70.7 Å². The van der Waals surface area contributed by atoms with Gasteiger partial charge in [0.05, 0.1) is 13.0 Å². The van der Waals surface area contributed by atoms with Crippen LogP contribution in [0, 0.1) is 0 Å². The first-order valence-corrected chi connectivity index (χ1v) is 23.9. The van der Waals surface area contributed by atoms with Crippen molar-refractivity contribution in [3.05, 3.63) is 108 Å². The zero-order chi connectivity index (χ0) is 51.0. The highest BCUT2D eigenvalue weighted by atomic mass is 16.2. The van der Waals surface area contributed by atoms with Crippen LogP contribution in [0.15, 0.2) is 96.0 Å². The summed E-state index contributed by atoms with van der Waals surface area (Å²) in [6.45, 7) is 1.05. The highest BCUT2D eigenvalue weighted by molar-refractivity contribution is 5.99. The number of amides is 9. The average molecular weight is 977 g/mol. The van der Waals surface area contributed by atoms with Crippen LogP contribution in [0.1, 0.15) is 68.6 Å². The summed E-state index contributed by atoms with van der Waals surface area (Å²) in [5.41, 5.74) is 18.7. The number of carbonyl (C=O) groups excluding carboxylic acids is 9. The molecule has 0 aliphatic carbocycles. The third kappa shape index (κ3) is 14.8. The predicted molar refractivity (Wildman–Crippen MR) is 261 cm³/mol. The minimum atomic E-state index is -1.61. The van der Waals surface area contributed by atoms with Gasteiger partial charge in [0.1, 0.15) is 42.3 Å². The fourth-order valence-corrected chi connectivity index (χ4v) is 9.13. The lowest BCUT2D eigenvalue weighted by Crippen LogP contribution is -2.60. The summed E-state index contributed by atoms with van der Waals surface area (Å²) in [5.74, 6) is -6.80. The number of carbonyl (C=O) groups is 9. The van der Waals surface area contributed by atoms with Crippen LogP contribution < -0.4 is 43.8 Å². The van der Waals surface area contributed by atoms with E-state index in [0.717, 1.165) is 0 Å². The van der Waals surface area contributed by atoms with Crippen molar-refractivity contribution in [2.75, 3.05) is 26.2 Å². The Bertz CT molecular complexity index is 2420. The summed E-state index contributed by atoms with van der Waals surface area (Å²) < 4.78 is 0. The van der Waals surface area contributed by atoms with Crippen molar-refractivity contribution in [1.82, 2.24) is 41.3 Å². The van der Waals surface area contributed by atoms with Crippen LogP contribution >= 0.6 is 0 Å². The second-order valence-electron chi connectivity index (χ2n) is 18.1. The van der Waals surface area contributed by atoms with Crippen molar-refractivity contribution in [3.8, 4) is 0 Å². The van der Waals surface area contributed by atoms with Crippen molar-refractivity contribution in [3.63, 3.8) is 0 Å². The van der Waals surface area contributed by atoms with Crippen LogP contribution in [-0.4, -0.2) is 142 Å². The lowest BCUT2D eigenvalue weighted by molar-refractivity contribution is -0.148. The number of hydrogen-bond acceptors (Lipinski definition) is 10. The highest BCUT2D eigenvalue weighted by Gasteiger charge is 2.44. The van der Waals surface area contributed by atoms with Gasteiger partial charge in [-0.15, -0.1) is 0 Å². The van der Waals surface area contributed by atoms with Crippen molar-refractivity contribution >= 4 is 59.1 Å². The first-order chi connectivity index (χ1) is 34.1. The molecule has 0 saturated carbocycles. The Morgan fingerprint density at radius 1 is 0.577 bits per heavy atom. The fraction of sp³-hybridized carbons (Fsp3) is 0.440. The van der Waals surface area contributed by atoms with E-state index in [0.29, 0.717) is 29.5 Å². The summed E-state index contributed by atoms with van der Waals surface area (Å²) in [6.07, 6.45) is 1.00. The number of rotatable bonds is 12. The smallest absolute Gasteiger partial charge is 0.246 e. The van der Waals surface area contributed by atoms with Crippen molar-refractivity contribution < 1.29 is 43.2 Å². The van der Waals surface area contributed by atoms with E-state index in [1.165, 1.54) is 21.6 Å². The maximum atomic E-state index is 14.9. The van der Waals surface area contributed by atoms with Gasteiger partial charge in [-0.3, -0.25) is 48.1 Å². The van der Waals surface area contributed by atoms with Crippen molar-refractivity contribution in [1.29, 1.82) is 0 Å². The Hall–Kier alpha value is -7.84. The molecule has 9 amide bonds. The number of nitrogens with two attached hydrogens (primary N) is 3. The second-order valence-corrected chi connectivity index (χ2v) is 18.1. The standard InChI is InChI=1S/C50H64N12O9/c1-31-43(65)58-38(27-33-16-7-3-8-17-33)48(70)62-25-13-22-40(62)49(71)61-24-12-21-39(61)46(68)57-35(20-11-23-54-50(52)53)44(66)59-37(26-32-14-5-2-6-15-32)47(69)60(29-34-18-9-4-10-19-34)30-42(64)56-36(28-41(51)63)45(67)55-31/h2-10,14-19,31,35-40H,11-13,20-30H2,1H3,(H2,51,63)(H,55,67)(H,56,64)(H,57,68)(H,58,65)(H,59,66)(H4,52,53,54)/t31-,35-,36-,37-,38-,39-,40+/m0/s1. The zero-order valence-corrected chi connectivity index (χ0v) is 39.8. The van der Waals surface area contributed by atoms with E-state index < -0.39 is 108 Å². The molecule has 0 unspecified atom stereocenters. The van der Waals surface area contributed by atoms with Crippen LogP contribution in [0.4, 0.5) is 0 Å². The molecule has 3 aromatic carbocycles. The molecule has 378 valence electrons. The molecule has 0 spiro atoms. The van der Waals surface area contributed by atoms with E-state index in [2.05, 4.69) is 31.6 Å². The van der Waals surface area contributed by atoms with Crippen LogP contribution in [0.25, 0.3) is 0 Å². The Morgan fingerprint density at radius 3 is 1.66 bits per heavy atom. The van der Waals surface area contributed by atoms with Crippen LogP contribution in [-0.2, 0) is 62.5 Å². The van der Waals surface area contributed by atoms with Crippen molar-refractivity contribution in [2.45, 2.75) is 114 Å². The molecular formula is C50H64N12O9. The molecule has 3 aliphatic rings.